The second-order valence-electron chi connectivity index (χ2n) is 8.77. The van der Waals surface area contributed by atoms with Crippen LogP contribution in [0.5, 0.6) is 0 Å². The third-order valence-corrected chi connectivity index (χ3v) is 7.82. The van der Waals surface area contributed by atoms with Gasteiger partial charge in [-0.3, -0.25) is 14.5 Å². The molecule has 3 heterocycles. The van der Waals surface area contributed by atoms with Gasteiger partial charge in [0, 0.05) is 18.8 Å². The number of carbonyl (C=O) groups is 3. The fourth-order valence-electron chi connectivity index (χ4n) is 4.86. The van der Waals surface area contributed by atoms with Crippen molar-refractivity contribution in [3.63, 3.8) is 0 Å². The highest BCUT2D eigenvalue weighted by atomic mass is 32.1. The number of ether oxygens (including phenoxy) is 1. The molecule has 2 atom stereocenters. The smallest absolute Gasteiger partial charge is 0.325 e. The fourth-order valence-corrected chi connectivity index (χ4v) is 5.92. The zero-order valence-corrected chi connectivity index (χ0v) is 18.9. The molecule has 1 aromatic heterocycles. The molecule has 2 saturated heterocycles. The summed E-state index contributed by atoms with van der Waals surface area (Å²) in [5, 5.41) is 6.65. The van der Waals surface area contributed by atoms with Gasteiger partial charge in [-0.25, -0.2) is 9.78 Å². The number of fused-ring (bicyclic) bond motifs is 1. The highest BCUT2D eigenvalue weighted by Crippen LogP contribution is 2.38. The zero-order valence-electron chi connectivity index (χ0n) is 18.1. The van der Waals surface area contributed by atoms with Crippen molar-refractivity contribution < 1.29 is 19.1 Å². The molecule has 9 nitrogen and oxygen atoms in total. The van der Waals surface area contributed by atoms with Gasteiger partial charge in [-0.05, 0) is 37.0 Å². The first-order valence-electron chi connectivity index (χ1n) is 11.1. The molecule has 0 bridgehead atoms. The average Bonchev–Trinajstić information content (AvgIpc) is 3.31. The first-order chi connectivity index (χ1) is 15.5. The van der Waals surface area contributed by atoms with Crippen LogP contribution in [0.15, 0.2) is 18.2 Å². The molecule has 3 fully saturated rings. The van der Waals surface area contributed by atoms with Crippen LogP contribution in [0.3, 0.4) is 0 Å². The zero-order chi connectivity index (χ0) is 22.3. The Morgan fingerprint density at radius 1 is 1.31 bits per heavy atom. The van der Waals surface area contributed by atoms with Gasteiger partial charge in [0.25, 0.3) is 5.91 Å². The Labute approximate surface area is 190 Å². The van der Waals surface area contributed by atoms with Crippen LogP contribution in [0, 0.1) is 5.92 Å². The van der Waals surface area contributed by atoms with Gasteiger partial charge in [-0.2, -0.15) is 0 Å². The van der Waals surface area contributed by atoms with Crippen LogP contribution in [-0.2, 0) is 14.3 Å². The minimum atomic E-state index is -0.854. The van der Waals surface area contributed by atoms with Crippen LogP contribution < -0.4 is 15.5 Å². The molecule has 32 heavy (non-hydrogen) atoms. The van der Waals surface area contributed by atoms with Crippen LogP contribution in [0.25, 0.3) is 10.2 Å². The number of urea groups is 1. The molecule has 1 aliphatic carbocycles. The third kappa shape index (κ3) is 3.71. The van der Waals surface area contributed by atoms with Gasteiger partial charge in [0.1, 0.15) is 12.1 Å². The van der Waals surface area contributed by atoms with Crippen LogP contribution in [0.2, 0.25) is 0 Å². The lowest BCUT2D eigenvalue weighted by molar-refractivity contribution is -0.136. The number of rotatable bonds is 4. The van der Waals surface area contributed by atoms with E-state index < -0.39 is 17.5 Å². The first-order valence-corrected chi connectivity index (χ1v) is 12.0. The van der Waals surface area contributed by atoms with Crippen molar-refractivity contribution in [3.05, 3.63) is 18.2 Å². The monoisotopic (exact) mass is 457 g/mol. The summed E-state index contributed by atoms with van der Waals surface area (Å²) in [7, 11) is 0. The Morgan fingerprint density at radius 3 is 2.91 bits per heavy atom. The number of hydrogen-bond acceptors (Lipinski definition) is 7. The lowest BCUT2D eigenvalue weighted by atomic mass is 9.73. The Hall–Kier alpha value is -2.72. The number of amides is 4. The third-order valence-electron chi connectivity index (χ3n) is 6.75. The second kappa shape index (κ2) is 8.32. The van der Waals surface area contributed by atoms with Crippen molar-refractivity contribution in [2.45, 2.75) is 38.1 Å². The Bertz CT molecular complexity index is 1070. The maximum atomic E-state index is 13.1. The number of nitrogens with one attached hydrogen (secondary N) is 2. The van der Waals surface area contributed by atoms with Gasteiger partial charge in [-0.1, -0.05) is 31.1 Å². The Balaban J connectivity index is 1.26. The summed E-state index contributed by atoms with van der Waals surface area (Å²) in [6.07, 6.45) is 3.48. The van der Waals surface area contributed by atoms with Crippen molar-refractivity contribution in [3.8, 4) is 0 Å². The van der Waals surface area contributed by atoms with Crippen LogP contribution in [0.4, 0.5) is 15.6 Å². The van der Waals surface area contributed by atoms with E-state index in [9.17, 15) is 14.4 Å². The normalized spacial score (nSPS) is 26.1. The summed E-state index contributed by atoms with van der Waals surface area (Å²) in [6.45, 7) is 4.72. The first kappa shape index (κ1) is 21.1. The lowest BCUT2D eigenvalue weighted by Gasteiger charge is -2.36. The van der Waals surface area contributed by atoms with E-state index in [-0.39, 0.29) is 18.4 Å². The number of hydrogen-bond donors (Lipinski definition) is 2. The van der Waals surface area contributed by atoms with Gasteiger partial charge in [0.15, 0.2) is 5.13 Å². The van der Waals surface area contributed by atoms with Crippen LogP contribution in [-0.4, -0.2) is 66.1 Å². The lowest BCUT2D eigenvalue weighted by Crippen LogP contribution is -2.54. The van der Waals surface area contributed by atoms with E-state index in [2.05, 4.69) is 20.5 Å². The minimum absolute atomic E-state index is 0.0650. The molecule has 1 saturated carbocycles. The number of aromatic nitrogens is 1. The topological polar surface area (TPSA) is 104 Å². The number of benzene rings is 1. The number of anilines is 2. The quantitative estimate of drug-likeness (QED) is 0.684. The molecular weight excluding hydrogens is 430 g/mol. The number of nitrogens with zero attached hydrogens (tertiary/aromatic N) is 3. The van der Waals surface area contributed by atoms with Crippen LogP contribution in [0.1, 0.15) is 32.6 Å². The molecule has 2 aromatic rings. The highest BCUT2D eigenvalue weighted by molar-refractivity contribution is 7.22. The van der Waals surface area contributed by atoms with E-state index in [1.165, 1.54) is 0 Å². The Morgan fingerprint density at radius 2 is 2.12 bits per heavy atom. The number of morpholine rings is 1. The average molecular weight is 458 g/mol. The predicted octanol–water partition coefficient (Wildman–Crippen LogP) is 2.57. The molecule has 170 valence electrons. The molecule has 2 aliphatic heterocycles. The largest absolute Gasteiger partial charge is 0.378 e. The summed E-state index contributed by atoms with van der Waals surface area (Å²) >= 11 is 1.57. The standard InChI is InChI=1S/C22H27N5O4S/c1-14-4-2-3-7-22(14)19(29)27(20(30)25-22)13-18(28)23-15-5-6-16-17(12-15)32-21(24-16)26-8-10-31-11-9-26/h5-6,12,14H,2-4,7-11,13H2,1H3,(H,23,28)(H,25,30)/t14-,22+/m1/s1. The van der Waals surface area contributed by atoms with E-state index >= 15 is 0 Å². The van der Waals surface area contributed by atoms with Crippen molar-refractivity contribution in [1.82, 2.24) is 15.2 Å². The van der Waals surface area contributed by atoms with Crippen LogP contribution >= 0.6 is 11.3 Å². The van der Waals surface area contributed by atoms with Gasteiger partial charge in [0.05, 0.1) is 23.4 Å². The molecule has 1 aromatic carbocycles. The van der Waals surface area contributed by atoms with E-state index in [1.54, 1.807) is 17.4 Å². The predicted molar refractivity (Wildman–Crippen MR) is 122 cm³/mol. The molecule has 3 aliphatic rings. The molecule has 0 radical (unpaired) electrons. The van der Waals surface area contributed by atoms with E-state index in [0.29, 0.717) is 25.3 Å². The van der Waals surface area contributed by atoms with Gasteiger partial charge >= 0.3 is 6.03 Å². The van der Waals surface area contributed by atoms with Crippen molar-refractivity contribution in [2.75, 3.05) is 43.1 Å². The molecule has 4 amide bonds. The second-order valence-corrected chi connectivity index (χ2v) is 9.78. The van der Waals surface area contributed by atoms with Gasteiger partial charge < -0.3 is 20.3 Å². The molecule has 5 rings (SSSR count). The summed E-state index contributed by atoms with van der Waals surface area (Å²) in [5.41, 5.74) is 0.636. The summed E-state index contributed by atoms with van der Waals surface area (Å²) < 4.78 is 6.37. The maximum Gasteiger partial charge on any atom is 0.325 e. The Kier molecular flexibility index (Phi) is 5.50. The SMILES string of the molecule is C[C@@H]1CCCC[C@]12NC(=O)N(CC(=O)Nc1ccc3nc(N4CCOCC4)sc3c1)C2=O. The molecule has 10 heteroatoms. The highest BCUT2D eigenvalue weighted by Gasteiger charge is 2.55. The molecular formula is C22H27N5O4S. The van der Waals surface area contributed by atoms with E-state index in [0.717, 1.165) is 52.6 Å². The number of carbonyl (C=O) groups excluding carboxylic acids is 3. The summed E-state index contributed by atoms with van der Waals surface area (Å²) in [4.78, 5) is 46.2. The van der Waals surface area contributed by atoms with Gasteiger partial charge in [0.2, 0.25) is 5.91 Å². The fraction of sp³-hybridized carbons (Fsp3) is 0.545. The van der Waals surface area contributed by atoms with Crippen molar-refractivity contribution in [2.24, 2.45) is 5.92 Å². The molecule has 0 unspecified atom stereocenters. The molecule has 1 spiro atoms. The van der Waals surface area contributed by atoms with Gasteiger partial charge in [-0.15, -0.1) is 0 Å². The van der Waals surface area contributed by atoms with E-state index in [1.807, 2.05) is 19.1 Å². The summed E-state index contributed by atoms with van der Waals surface area (Å²) in [5.74, 6) is -0.612. The number of thiazole rings is 1. The number of imide groups is 1. The maximum absolute atomic E-state index is 13.1. The summed E-state index contributed by atoms with van der Waals surface area (Å²) in [6, 6.07) is 5.06. The van der Waals surface area contributed by atoms with E-state index in [4.69, 9.17) is 4.74 Å². The van der Waals surface area contributed by atoms with Crippen molar-refractivity contribution in [1.29, 1.82) is 0 Å². The minimum Gasteiger partial charge on any atom is -0.378 e. The molecule has 2 N–H and O–H groups in total. The van der Waals surface area contributed by atoms with Crippen molar-refractivity contribution >= 4 is 50.2 Å².